The quantitative estimate of drug-likeness (QED) is 0.750. The lowest BCUT2D eigenvalue weighted by molar-refractivity contribution is 0.228. The number of piperidine rings is 1. The van der Waals surface area contributed by atoms with Crippen molar-refractivity contribution in [1.29, 1.82) is 0 Å². The van der Waals surface area contributed by atoms with E-state index in [0.717, 1.165) is 25.9 Å². The molecule has 1 saturated heterocycles. The van der Waals surface area contributed by atoms with Gasteiger partial charge in [0.1, 0.15) is 9.84 Å². The van der Waals surface area contributed by atoms with Gasteiger partial charge in [-0.1, -0.05) is 0 Å². The summed E-state index contributed by atoms with van der Waals surface area (Å²) in [6, 6.07) is 0.548. The molecule has 0 amide bonds. The average molecular weight is 234 g/mol. The summed E-state index contributed by atoms with van der Waals surface area (Å²) in [5, 5.41) is 3.39. The molecule has 0 aromatic heterocycles. The van der Waals surface area contributed by atoms with Crippen LogP contribution in [0.5, 0.6) is 0 Å². The molecule has 4 nitrogen and oxygen atoms in total. The number of likely N-dealkylation sites (tertiary alicyclic amines) is 1. The summed E-state index contributed by atoms with van der Waals surface area (Å²) in [6.45, 7) is 4.14. The number of rotatable bonds is 4. The van der Waals surface area contributed by atoms with Gasteiger partial charge in [-0.3, -0.25) is 0 Å². The highest BCUT2D eigenvalue weighted by atomic mass is 32.2. The van der Waals surface area contributed by atoms with Crippen molar-refractivity contribution in [3.8, 4) is 0 Å². The Labute approximate surface area is 93.0 Å². The predicted molar refractivity (Wildman–Crippen MR) is 62.8 cm³/mol. The monoisotopic (exact) mass is 234 g/mol. The molecule has 0 radical (unpaired) electrons. The minimum Gasteiger partial charge on any atom is -0.310 e. The molecule has 1 rings (SSSR count). The van der Waals surface area contributed by atoms with E-state index < -0.39 is 9.84 Å². The Kier molecular flexibility index (Phi) is 4.55. The van der Waals surface area contributed by atoms with Crippen LogP contribution in [0.25, 0.3) is 0 Å². The minimum absolute atomic E-state index is 0.0633. The van der Waals surface area contributed by atoms with Gasteiger partial charge in [0.2, 0.25) is 0 Å². The summed E-state index contributed by atoms with van der Waals surface area (Å²) in [7, 11) is -0.737. The molecular formula is C10H22N2O2S. The van der Waals surface area contributed by atoms with Gasteiger partial charge in [0.15, 0.2) is 0 Å². The maximum atomic E-state index is 11.1. The van der Waals surface area contributed by atoms with Crippen molar-refractivity contribution in [2.75, 3.05) is 32.1 Å². The molecule has 90 valence electrons. The maximum Gasteiger partial charge on any atom is 0.148 e. The van der Waals surface area contributed by atoms with Crippen LogP contribution in [0.4, 0.5) is 0 Å². The van der Waals surface area contributed by atoms with Crippen molar-refractivity contribution >= 4 is 9.84 Å². The molecule has 0 spiro atoms. The smallest absolute Gasteiger partial charge is 0.148 e. The van der Waals surface area contributed by atoms with Crippen molar-refractivity contribution in [3.63, 3.8) is 0 Å². The fourth-order valence-electron chi connectivity index (χ4n) is 2.08. The van der Waals surface area contributed by atoms with Crippen molar-refractivity contribution in [2.45, 2.75) is 31.8 Å². The van der Waals surface area contributed by atoms with Gasteiger partial charge in [0.05, 0.1) is 5.75 Å². The molecule has 1 fully saturated rings. The summed E-state index contributed by atoms with van der Waals surface area (Å²) in [5.74, 6) is 0.235. The molecule has 0 aliphatic carbocycles. The van der Waals surface area contributed by atoms with Crippen molar-refractivity contribution in [2.24, 2.45) is 0 Å². The Hall–Kier alpha value is -0.130. The van der Waals surface area contributed by atoms with Gasteiger partial charge in [-0.2, -0.15) is 0 Å². The van der Waals surface area contributed by atoms with Gasteiger partial charge in [-0.15, -0.1) is 0 Å². The molecule has 0 bridgehead atoms. The van der Waals surface area contributed by atoms with E-state index in [1.54, 1.807) is 0 Å². The molecular weight excluding hydrogens is 212 g/mol. The number of sulfone groups is 1. The van der Waals surface area contributed by atoms with Gasteiger partial charge in [0, 0.05) is 18.3 Å². The topological polar surface area (TPSA) is 49.4 Å². The SMILES string of the molecule is CC(CS(C)(=O)=O)NC1CCN(C)CC1. The zero-order valence-corrected chi connectivity index (χ0v) is 10.7. The molecule has 0 saturated carbocycles. The van der Waals surface area contributed by atoms with Crippen molar-refractivity contribution in [3.05, 3.63) is 0 Å². The Morgan fingerprint density at radius 3 is 2.40 bits per heavy atom. The molecule has 1 N–H and O–H groups in total. The van der Waals surface area contributed by atoms with Crippen LogP contribution < -0.4 is 5.32 Å². The Morgan fingerprint density at radius 2 is 1.93 bits per heavy atom. The Morgan fingerprint density at radius 1 is 1.40 bits per heavy atom. The first kappa shape index (κ1) is 12.9. The van der Waals surface area contributed by atoms with Crippen LogP contribution in [0.2, 0.25) is 0 Å². The van der Waals surface area contributed by atoms with Crippen LogP contribution in [0.1, 0.15) is 19.8 Å². The lowest BCUT2D eigenvalue weighted by Crippen LogP contribution is -2.46. The highest BCUT2D eigenvalue weighted by Crippen LogP contribution is 2.09. The third-order valence-corrected chi connectivity index (χ3v) is 3.90. The molecule has 1 atom stereocenters. The highest BCUT2D eigenvalue weighted by molar-refractivity contribution is 7.90. The van der Waals surface area contributed by atoms with E-state index in [2.05, 4.69) is 17.3 Å². The molecule has 0 aromatic carbocycles. The summed E-state index contributed by atoms with van der Waals surface area (Å²) >= 11 is 0. The van der Waals surface area contributed by atoms with Crippen LogP contribution in [-0.2, 0) is 9.84 Å². The summed E-state index contributed by atoms with van der Waals surface area (Å²) < 4.78 is 22.2. The first-order valence-corrected chi connectivity index (χ1v) is 7.55. The van der Waals surface area contributed by atoms with Crippen molar-refractivity contribution in [1.82, 2.24) is 10.2 Å². The second kappa shape index (κ2) is 5.27. The Balaban J connectivity index is 2.29. The fourth-order valence-corrected chi connectivity index (χ4v) is 3.08. The highest BCUT2D eigenvalue weighted by Gasteiger charge is 2.19. The van der Waals surface area contributed by atoms with Crippen LogP contribution in [-0.4, -0.2) is 57.5 Å². The van der Waals surface area contributed by atoms with E-state index in [0.29, 0.717) is 6.04 Å². The van der Waals surface area contributed by atoms with E-state index in [4.69, 9.17) is 0 Å². The van der Waals surface area contributed by atoms with E-state index in [1.807, 2.05) is 6.92 Å². The zero-order chi connectivity index (χ0) is 11.5. The largest absolute Gasteiger partial charge is 0.310 e. The third-order valence-electron chi connectivity index (χ3n) is 2.79. The van der Waals surface area contributed by atoms with E-state index in [-0.39, 0.29) is 11.8 Å². The lowest BCUT2D eigenvalue weighted by Gasteiger charge is -2.31. The lowest BCUT2D eigenvalue weighted by atomic mass is 10.1. The second-order valence-corrected chi connectivity index (χ2v) is 6.92. The molecule has 1 aliphatic heterocycles. The zero-order valence-electron chi connectivity index (χ0n) is 9.86. The van der Waals surface area contributed by atoms with E-state index >= 15 is 0 Å². The second-order valence-electron chi connectivity index (χ2n) is 4.74. The number of nitrogens with one attached hydrogen (secondary N) is 1. The summed E-state index contributed by atoms with van der Waals surface area (Å²) in [4.78, 5) is 2.30. The molecule has 1 aliphatic rings. The van der Waals surface area contributed by atoms with Gasteiger partial charge >= 0.3 is 0 Å². The summed E-state index contributed by atoms with van der Waals surface area (Å²) in [6.07, 6.45) is 3.52. The number of hydrogen-bond acceptors (Lipinski definition) is 4. The summed E-state index contributed by atoms with van der Waals surface area (Å²) in [5.41, 5.74) is 0. The van der Waals surface area contributed by atoms with Gasteiger partial charge < -0.3 is 10.2 Å². The van der Waals surface area contributed by atoms with Gasteiger partial charge in [-0.25, -0.2) is 8.42 Å². The first-order valence-electron chi connectivity index (χ1n) is 5.49. The molecule has 1 heterocycles. The third kappa shape index (κ3) is 5.49. The predicted octanol–water partition coefficient (Wildman–Crippen LogP) is 0.103. The maximum absolute atomic E-state index is 11.1. The van der Waals surface area contributed by atoms with Crippen molar-refractivity contribution < 1.29 is 8.42 Å². The van der Waals surface area contributed by atoms with Crippen LogP contribution >= 0.6 is 0 Å². The van der Waals surface area contributed by atoms with Gasteiger partial charge in [-0.05, 0) is 39.9 Å². The van der Waals surface area contributed by atoms with E-state index in [1.165, 1.54) is 6.26 Å². The standard InChI is InChI=1S/C10H22N2O2S/c1-9(8-15(3,13)14)11-10-4-6-12(2)7-5-10/h9-11H,4-8H2,1-3H3. The first-order chi connectivity index (χ1) is 6.87. The number of hydrogen-bond donors (Lipinski definition) is 1. The average Bonchev–Trinajstić information content (AvgIpc) is 2.05. The molecule has 0 aromatic rings. The number of nitrogens with zero attached hydrogens (tertiary/aromatic N) is 1. The van der Waals surface area contributed by atoms with Crippen LogP contribution in [0.15, 0.2) is 0 Å². The Bertz CT molecular complexity index is 282. The molecule has 1 unspecified atom stereocenters. The minimum atomic E-state index is -2.86. The van der Waals surface area contributed by atoms with E-state index in [9.17, 15) is 8.42 Å². The fraction of sp³-hybridized carbons (Fsp3) is 1.00. The molecule has 5 heteroatoms. The van der Waals surface area contributed by atoms with Crippen LogP contribution in [0, 0.1) is 0 Å². The van der Waals surface area contributed by atoms with Gasteiger partial charge in [0.25, 0.3) is 0 Å². The normalized spacial score (nSPS) is 22.9. The van der Waals surface area contributed by atoms with Crippen LogP contribution in [0.3, 0.4) is 0 Å². The molecule has 15 heavy (non-hydrogen) atoms.